The van der Waals surface area contributed by atoms with Crippen LogP contribution in [0.1, 0.15) is 66.4 Å². The Morgan fingerprint density at radius 3 is 2.11 bits per heavy atom. The predicted molar refractivity (Wildman–Crippen MR) is 182 cm³/mol. The van der Waals surface area contributed by atoms with Crippen LogP contribution in [0.25, 0.3) is 21.9 Å². The molecule has 0 amide bonds. The van der Waals surface area contributed by atoms with Crippen LogP contribution in [-0.4, -0.2) is 48.9 Å². The Bertz CT molecular complexity index is 1600. The van der Waals surface area contributed by atoms with E-state index < -0.39 is 0 Å². The molecular weight excluding hydrogens is 568 g/mol. The van der Waals surface area contributed by atoms with E-state index in [2.05, 4.69) is 19.9 Å². The summed E-state index contributed by atoms with van der Waals surface area (Å²) in [6, 6.07) is 19.9. The van der Waals surface area contributed by atoms with Crippen molar-refractivity contribution in [2.45, 2.75) is 67.2 Å². The van der Waals surface area contributed by atoms with Crippen molar-refractivity contribution in [2.24, 2.45) is 0 Å². The number of rotatable bonds is 9. The van der Waals surface area contributed by atoms with Gasteiger partial charge in [-0.05, 0) is 61.2 Å². The second-order valence-electron chi connectivity index (χ2n) is 9.39. The number of ether oxygens (including phenoxy) is 4. The van der Waals surface area contributed by atoms with E-state index in [0.29, 0.717) is 36.2 Å². The molecule has 0 N–H and O–H groups in total. The zero-order valence-corrected chi connectivity index (χ0v) is 28.1. The lowest BCUT2D eigenvalue weighted by Crippen LogP contribution is -2.31. The van der Waals surface area contributed by atoms with Crippen LogP contribution in [0.4, 0.5) is 5.95 Å². The summed E-state index contributed by atoms with van der Waals surface area (Å²) in [5.74, 6) is 2.55. The first-order valence-electron chi connectivity index (χ1n) is 16.1. The van der Waals surface area contributed by atoms with Crippen molar-refractivity contribution in [1.82, 2.24) is 15.0 Å². The molecule has 0 atom stereocenters. The summed E-state index contributed by atoms with van der Waals surface area (Å²) in [6.45, 7) is 14.2. The van der Waals surface area contributed by atoms with Crippen molar-refractivity contribution < 1.29 is 23.4 Å². The summed E-state index contributed by atoms with van der Waals surface area (Å²) >= 11 is 0. The van der Waals surface area contributed by atoms with E-state index in [9.17, 15) is 0 Å². The molecule has 1 fully saturated rings. The van der Waals surface area contributed by atoms with E-state index in [0.717, 1.165) is 53.4 Å². The largest absolute Gasteiger partial charge is 0.493 e. The monoisotopic (exact) mass is 616 g/mol. The molecule has 9 heteroatoms. The number of aromatic nitrogens is 3. The van der Waals surface area contributed by atoms with Crippen LogP contribution in [0.5, 0.6) is 29.3 Å². The number of benzene rings is 3. The van der Waals surface area contributed by atoms with Gasteiger partial charge in [-0.1, -0.05) is 65.8 Å². The molecule has 0 spiro atoms. The number of hydrogen-bond donors (Lipinski definition) is 0. The molecular formula is C36H48N4O5. The minimum atomic E-state index is 0.193. The molecule has 1 saturated heterocycles. The molecule has 3 aromatic carbocycles. The number of furan rings is 1. The number of para-hydroxylation sites is 1. The Hall–Kier alpha value is -4.53. The zero-order valence-electron chi connectivity index (χ0n) is 28.1. The molecule has 5 aromatic rings. The highest BCUT2D eigenvalue weighted by molar-refractivity contribution is 6.05. The first kappa shape index (κ1) is 35.0. The van der Waals surface area contributed by atoms with Gasteiger partial charge in [-0.2, -0.15) is 9.97 Å². The van der Waals surface area contributed by atoms with Crippen LogP contribution in [-0.2, 0) is 6.42 Å². The predicted octanol–water partition coefficient (Wildman–Crippen LogP) is 9.27. The van der Waals surface area contributed by atoms with Crippen molar-refractivity contribution in [2.75, 3.05) is 38.8 Å². The topological polar surface area (TPSA) is 92.0 Å². The standard InChI is InChI=1S/C30H30N4O5.3C2H6/c1-35-26-12-10-20(18-27(26)36-2)14-17-37-29-31-28(34-15-6-3-7-16-34)32-30(33-29)38-21-11-13-25-23(19-21)22-8-4-5-9-24(22)39-25;3*1-2/h4-5,8-13,18-19H,3,6-7,14-17H2,1-2H3;3*1-2H3. The average molecular weight is 617 g/mol. The van der Waals surface area contributed by atoms with E-state index in [-0.39, 0.29) is 12.0 Å². The van der Waals surface area contributed by atoms with Crippen molar-refractivity contribution in [3.63, 3.8) is 0 Å². The molecule has 1 aliphatic heterocycles. The molecule has 3 heterocycles. The summed E-state index contributed by atoms with van der Waals surface area (Å²) in [5, 5.41) is 2.00. The molecule has 0 aliphatic carbocycles. The van der Waals surface area contributed by atoms with Crippen LogP contribution in [0.2, 0.25) is 0 Å². The van der Waals surface area contributed by atoms with Gasteiger partial charge >= 0.3 is 12.0 Å². The third kappa shape index (κ3) is 9.00. The first-order valence-corrected chi connectivity index (χ1v) is 16.1. The highest BCUT2D eigenvalue weighted by Gasteiger charge is 2.18. The Labute approximate surface area is 267 Å². The maximum atomic E-state index is 6.16. The first-order chi connectivity index (χ1) is 22.2. The number of nitrogens with zero attached hydrogens (tertiary/aromatic N) is 4. The smallest absolute Gasteiger partial charge is 0.330 e. The molecule has 6 rings (SSSR count). The fourth-order valence-electron chi connectivity index (χ4n) is 4.84. The Kier molecular flexibility index (Phi) is 14.2. The van der Waals surface area contributed by atoms with E-state index in [4.69, 9.17) is 23.4 Å². The average Bonchev–Trinajstić information content (AvgIpc) is 3.49. The van der Waals surface area contributed by atoms with Gasteiger partial charge < -0.3 is 28.3 Å². The van der Waals surface area contributed by atoms with Crippen molar-refractivity contribution >= 4 is 27.9 Å². The Balaban J connectivity index is 0.000000870. The lowest BCUT2D eigenvalue weighted by atomic mass is 10.1. The number of anilines is 1. The lowest BCUT2D eigenvalue weighted by molar-refractivity contribution is 0.288. The van der Waals surface area contributed by atoms with Gasteiger partial charge in [0.25, 0.3) is 0 Å². The molecule has 0 bridgehead atoms. The second-order valence-corrected chi connectivity index (χ2v) is 9.39. The quantitative estimate of drug-likeness (QED) is 0.161. The maximum Gasteiger partial charge on any atom is 0.330 e. The lowest BCUT2D eigenvalue weighted by Gasteiger charge is -2.26. The van der Waals surface area contributed by atoms with Gasteiger partial charge in [0.1, 0.15) is 16.9 Å². The fraction of sp³-hybridized carbons (Fsp3) is 0.417. The third-order valence-electron chi connectivity index (χ3n) is 6.85. The molecule has 242 valence electrons. The second kappa shape index (κ2) is 18.3. The van der Waals surface area contributed by atoms with Crippen molar-refractivity contribution in [3.05, 3.63) is 66.2 Å². The Morgan fingerprint density at radius 2 is 1.38 bits per heavy atom. The normalized spacial score (nSPS) is 12.1. The number of piperidine rings is 1. The third-order valence-corrected chi connectivity index (χ3v) is 6.85. The van der Waals surface area contributed by atoms with Crippen LogP contribution >= 0.6 is 0 Å². The van der Waals surface area contributed by atoms with E-state index in [1.807, 2.05) is 102 Å². The Morgan fingerprint density at radius 1 is 0.689 bits per heavy atom. The summed E-state index contributed by atoms with van der Waals surface area (Å²) in [4.78, 5) is 15.9. The van der Waals surface area contributed by atoms with Gasteiger partial charge in [0, 0.05) is 30.3 Å². The molecule has 0 saturated carbocycles. The van der Waals surface area contributed by atoms with Crippen LogP contribution in [0.3, 0.4) is 0 Å². The van der Waals surface area contributed by atoms with Gasteiger partial charge in [0.2, 0.25) is 5.95 Å². The van der Waals surface area contributed by atoms with E-state index in [1.54, 1.807) is 14.2 Å². The highest BCUT2D eigenvalue weighted by Crippen LogP contribution is 2.33. The molecule has 0 radical (unpaired) electrons. The molecule has 0 unspecified atom stereocenters. The maximum absolute atomic E-state index is 6.16. The molecule has 45 heavy (non-hydrogen) atoms. The van der Waals surface area contributed by atoms with Gasteiger partial charge in [-0.25, -0.2) is 0 Å². The zero-order chi connectivity index (χ0) is 32.6. The number of methoxy groups -OCH3 is 2. The molecule has 1 aliphatic rings. The summed E-state index contributed by atoms with van der Waals surface area (Å²) in [5.41, 5.74) is 2.69. The van der Waals surface area contributed by atoms with E-state index >= 15 is 0 Å². The van der Waals surface area contributed by atoms with Gasteiger partial charge in [-0.3, -0.25) is 0 Å². The van der Waals surface area contributed by atoms with Gasteiger partial charge in [-0.15, -0.1) is 4.98 Å². The number of hydrogen-bond acceptors (Lipinski definition) is 9. The van der Waals surface area contributed by atoms with Crippen LogP contribution < -0.4 is 23.8 Å². The minimum Gasteiger partial charge on any atom is -0.493 e. The van der Waals surface area contributed by atoms with Crippen LogP contribution in [0.15, 0.2) is 65.1 Å². The summed E-state index contributed by atoms with van der Waals surface area (Å²) in [7, 11) is 3.25. The van der Waals surface area contributed by atoms with E-state index in [1.165, 1.54) is 6.42 Å². The van der Waals surface area contributed by atoms with Crippen molar-refractivity contribution in [1.29, 1.82) is 0 Å². The van der Waals surface area contributed by atoms with Gasteiger partial charge in [0.05, 0.1) is 20.8 Å². The fourth-order valence-corrected chi connectivity index (χ4v) is 4.84. The summed E-state index contributed by atoms with van der Waals surface area (Å²) in [6.07, 6.45) is 4.05. The SMILES string of the molecule is CC.CC.CC.COc1ccc(CCOc2nc(Oc3ccc4oc5ccccc5c4c3)nc(N3CCCCC3)n2)cc1OC. The molecule has 9 nitrogen and oxygen atoms in total. The van der Waals surface area contributed by atoms with Crippen LogP contribution in [0, 0.1) is 0 Å². The molecule has 2 aromatic heterocycles. The van der Waals surface area contributed by atoms with Crippen molar-refractivity contribution in [3.8, 4) is 29.3 Å². The minimum absolute atomic E-state index is 0.193. The van der Waals surface area contributed by atoms with Gasteiger partial charge in [0.15, 0.2) is 11.5 Å². The summed E-state index contributed by atoms with van der Waals surface area (Å²) < 4.78 is 28.9. The number of fused-ring (bicyclic) bond motifs is 3. The highest BCUT2D eigenvalue weighted by atomic mass is 16.5.